The summed E-state index contributed by atoms with van der Waals surface area (Å²) in [7, 11) is 1.47. The summed E-state index contributed by atoms with van der Waals surface area (Å²) in [5.74, 6) is -1.68. The number of piperazine rings is 1. The standard InChI is InChI=1S/C33H39N7O7/c1-20-15-28(40(45)46)29(47-2)17-27(20)37-9-7-21(8-10-37)35-11-13-36(14-12-35)23-18-38(19-23)22-3-4-24-25(16-22)33(44)39(32(24)43)26-5-6-30(41)34-31(26)42/h3-4,15-17,21,23,26H,5-14,18-19H2,1-2H3,(H,34,41,42). The molecule has 5 aliphatic heterocycles. The lowest BCUT2D eigenvalue weighted by Crippen LogP contribution is -2.64. The van der Waals surface area contributed by atoms with Crippen LogP contribution in [0.5, 0.6) is 5.75 Å². The Hall–Kier alpha value is -4.56. The van der Waals surface area contributed by atoms with Gasteiger partial charge in [0.25, 0.3) is 11.8 Å². The summed E-state index contributed by atoms with van der Waals surface area (Å²) in [6.07, 6.45) is 2.31. The third-order valence-corrected chi connectivity index (χ3v) is 10.5. The van der Waals surface area contributed by atoms with E-state index in [1.807, 2.05) is 13.0 Å². The SMILES string of the molecule is COc1cc(N2CCC(N3CCN(C4CN(c5ccc6c(c5)C(=O)N(C5CCC(=O)NC5=O)C6=O)C4)CC3)CC2)c(C)cc1[N+](=O)[O-]. The number of hydrogen-bond acceptors (Lipinski definition) is 11. The van der Waals surface area contributed by atoms with Crippen molar-refractivity contribution >= 4 is 40.7 Å². The summed E-state index contributed by atoms with van der Waals surface area (Å²) < 4.78 is 5.31. The van der Waals surface area contributed by atoms with Gasteiger partial charge in [0.05, 0.1) is 23.2 Å². The lowest BCUT2D eigenvalue weighted by Gasteiger charge is -2.50. The number of amides is 4. The Kier molecular flexibility index (Phi) is 8.08. The van der Waals surface area contributed by atoms with Crippen LogP contribution in [0, 0.1) is 17.0 Å². The summed E-state index contributed by atoms with van der Waals surface area (Å²) in [4.78, 5) is 71.9. The summed E-state index contributed by atoms with van der Waals surface area (Å²) in [5, 5.41) is 13.6. The zero-order chi connectivity index (χ0) is 33.0. The molecule has 5 aliphatic rings. The normalized spacial score (nSPS) is 23.2. The Morgan fingerprint density at radius 2 is 1.49 bits per heavy atom. The Labute approximate surface area is 272 Å². The van der Waals surface area contributed by atoms with E-state index in [1.165, 1.54) is 7.11 Å². The first-order valence-electron chi connectivity index (χ1n) is 16.3. The quantitative estimate of drug-likeness (QED) is 0.267. The molecule has 0 bridgehead atoms. The minimum Gasteiger partial charge on any atom is -0.490 e. The van der Waals surface area contributed by atoms with Crippen molar-refractivity contribution in [3.63, 3.8) is 0 Å². The van der Waals surface area contributed by atoms with E-state index in [2.05, 4.69) is 24.9 Å². The molecular formula is C33H39N7O7. The number of imide groups is 2. The fraction of sp³-hybridized carbons (Fsp3) is 0.515. The molecule has 2 aromatic rings. The number of aryl methyl sites for hydroxylation is 1. The highest BCUT2D eigenvalue weighted by Gasteiger charge is 2.45. The number of rotatable bonds is 7. The van der Waals surface area contributed by atoms with E-state index in [4.69, 9.17) is 4.74 Å². The number of fused-ring (bicyclic) bond motifs is 1. The van der Waals surface area contributed by atoms with Crippen LogP contribution in [0.3, 0.4) is 0 Å². The van der Waals surface area contributed by atoms with Gasteiger partial charge in [-0.15, -0.1) is 0 Å². The minimum atomic E-state index is -0.966. The monoisotopic (exact) mass is 645 g/mol. The van der Waals surface area contributed by atoms with Crippen molar-refractivity contribution in [2.75, 3.05) is 69.3 Å². The number of nitrogens with zero attached hydrogens (tertiary/aromatic N) is 6. The molecular weight excluding hydrogens is 606 g/mol. The van der Waals surface area contributed by atoms with E-state index in [0.29, 0.717) is 29.0 Å². The molecule has 0 radical (unpaired) electrons. The Bertz CT molecular complexity index is 1640. The minimum absolute atomic E-state index is 0.00618. The van der Waals surface area contributed by atoms with Crippen molar-refractivity contribution in [1.82, 2.24) is 20.0 Å². The first kappa shape index (κ1) is 31.1. The lowest BCUT2D eigenvalue weighted by atomic mass is 9.99. The van der Waals surface area contributed by atoms with Gasteiger partial charge in [0.15, 0.2) is 5.75 Å². The van der Waals surface area contributed by atoms with Crippen LogP contribution in [0.2, 0.25) is 0 Å². The molecule has 0 saturated carbocycles. The molecule has 14 nitrogen and oxygen atoms in total. The van der Waals surface area contributed by atoms with Crippen molar-refractivity contribution in [2.24, 2.45) is 0 Å². The second-order valence-corrected chi connectivity index (χ2v) is 13.1. The molecule has 4 amide bonds. The number of nitro benzene ring substituents is 1. The van der Waals surface area contributed by atoms with Gasteiger partial charge in [-0.05, 0) is 49.9 Å². The maximum absolute atomic E-state index is 13.2. The summed E-state index contributed by atoms with van der Waals surface area (Å²) in [6, 6.07) is 8.67. The number of nitrogens with one attached hydrogen (secondary N) is 1. The molecule has 5 heterocycles. The maximum atomic E-state index is 13.2. The third kappa shape index (κ3) is 5.58. The number of carbonyl (C=O) groups excluding carboxylic acids is 4. The molecule has 4 saturated heterocycles. The number of benzene rings is 2. The number of hydrogen-bond donors (Lipinski definition) is 1. The van der Waals surface area contributed by atoms with Gasteiger partial charge in [-0.3, -0.25) is 49.3 Å². The molecule has 2 aromatic carbocycles. The molecule has 4 fully saturated rings. The van der Waals surface area contributed by atoms with E-state index in [9.17, 15) is 29.3 Å². The van der Waals surface area contributed by atoms with Gasteiger partial charge < -0.3 is 14.5 Å². The highest BCUT2D eigenvalue weighted by atomic mass is 16.6. The van der Waals surface area contributed by atoms with Gasteiger partial charge >= 0.3 is 5.69 Å². The van der Waals surface area contributed by atoms with Crippen molar-refractivity contribution in [1.29, 1.82) is 0 Å². The smallest absolute Gasteiger partial charge is 0.311 e. The Morgan fingerprint density at radius 1 is 0.830 bits per heavy atom. The fourth-order valence-electron chi connectivity index (χ4n) is 7.80. The predicted molar refractivity (Wildman–Crippen MR) is 172 cm³/mol. The number of methoxy groups -OCH3 is 1. The van der Waals surface area contributed by atoms with Crippen molar-refractivity contribution in [3.05, 3.63) is 57.1 Å². The van der Waals surface area contributed by atoms with Gasteiger partial charge in [-0.1, -0.05) is 0 Å². The summed E-state index contributed by atoms with van der Waals surface area (Å²) >= 11 is 0. The molecule has 14 heteroatoms. The first-order chi connectivity index (χ1) is 22.6. The van der Waals surface area contributed by atoms with Crippen molar-refractivity contribution in [3.8, 4) is 5.75 Å². The number of ether oxygens (including phenoxy) is 1. The number of carbonyl (C=O) groups is 4. The maximum Gasteiger partial charge on any atom is 0.311 e. The van der Waals surface area contributed by atoms with Crippen LogP contribution in [-0.4, -0.2) is 121 Å². The second-order valence-electron chi connectivity index (χ2n) is 13.1. The van der Waals surface area contributed by atoms with Gasteiger partial charge in [0, 0.05) is 94.4 Å². The van der Waals surface area contributed by atoms with Crippen LogP contribution in [0.25, 0.3) is 0 Å². The fourth-order valence-corrected chi connectivity index (χ4v) is 7.80. The van der Waals surface area contributed by atoms with E-state index < -0.39 is 34.6 Å². The summed E-state index contributed by atoms with van der Waals surface area (Å²) in [5.41, 5.74) is 3.36. The number of nitro groups is 1. The highest BCUT2D eigenvalue weighted by Crippen LogP contribution is 2.37. The molecule has 1 unspecified atom stereocenters. The average molecular weight is 646 g/mol. The van der Waals surface area contributed by atoms with Crippen molar-refractivity contribution < 1.29 is 28.8 Å². The second kappa shape index (κ2) is 12.2. The molecule has 248 valence electrons. The van der Waals surface area contributed by atoms with Crippen LogP contribution < -0.4 is 19.9 Å². The first-order valence-corrected chi connectivity index (χ1v) is 16.3. The van der Waals surface area contributed by atoms with E-state index in [0.717, 1.165) is 87.0 Å². The van der Waals surface area contributed by atoms with Crippen LogP contribution in [-0.2, 0) is 9.59 Å². The van der Waals surface area contributed by atoms with E-state index in [-0.39, 0.29) is 18.5 Å². The zero-order valence-electron chi connectivity index (χ0n) is 26.6. The van der Waals surface area contributed by atoms with Crippen LogP contribution in [0.15, 0.2) is 30.3 Å². The third-order valence-electron chi connectivity index (χ3n) is 10.5. The molecule has 1 N–H and O–H groups in total. The molecule has 0 spiro atoms. The Morgan fingerprint density at radius 3 is 2.13 bits per heavy atom. The average Bonchev–Trinajstić information content (AvgIpc) is 3.29. The number of piperidine rings is 2. The van der Waals surface area contributed by atoms with Gasteiger partial charge in [0.2, 0.25) is 11.8 Å². The highest BCUT2D eigenvalue weighted by molar-refractivity contribution is 6.23. The zero-order valence-corrected chi connectivity index (χ0v) is 26.6. The topological polar surface area (TPSA) is 149 Å². The van der Waals surface area contributed by atoms with Gasteiger partial charge in [-0.25, -0.2) is 0 Å². The van der Waals surface area contributed by atoms with Crippen LogP contribution in [0.1, 0.15) is 52.0 Å². The molecule has 1 atom stereocenters. The van der Waals surface area contributed by atoms with E-state index >= 15 is 0 Å². The molecule has 47 heavy (non-hydrogen) atoms. The predicted octanol–water partition coefficient (Wildman–Crippen LogP) is 1.79. The summed E-state index contributed by atoms with van der Waals surface area (Å²) in [6.45, 7) is 9.40. The van der Waals surface area contributed by atoms with Crippen LogP contribution >= 0.6 is 0 Å². The molecule has 0 aromatic heterocycles. The molecule has 7 rings (SSSR count). The Balaban J connectivity index is 0.896. The van der Waals surface area contributed by atoms with E-state index in [1.54, 1.807) is 24.3 Å². The largest absolute Gasteiger partial charge is 0.490 e. The van der Waals surface area contributed by atoms with Crippen molar-refractivity contribution in [2.45, 2.75) is 50.7 Å². The van der Waals surface area contributed by atoms with Gasteiger partial charge in [-0.2, -0.15) is 0 Å². The van der Waals surface area contributed by atoms with Crippen LogP contribution in [0.4, 0.5) is 17.1 Å². The molecule has 0 aliphatic carbocycles. The number of anilines is 2. The lowest BCUT2D eigenvalue weighted by molar-refractivity contribution is -0.385. The van der Waals surface area contributed by atoms with Gasteiger partial charge in [0.1, 0.15) is 6.04 Å².